The molecule has 1 fully saturated rings. The SMILES string of the molecule is CC(=O)Nc1ccc2c(C(C(=O)O)N3CCN(C(C)=O)CC3)c[nH]c2c1. The number of hydrogen-bond donors (Lipinski definition) is 3. The minimum atomic E-state index is -0.923. The van der Waals surface area contributed by atoms with E-state index >= 15 is 0 Å². The first-order valence-corrected chi connectivity index (χ1v) is 8.48. The maximum absolute atomic E-state index is 12.0. The molecule has 1 aliphatic rings. The molecule has 2 aromatic rings. The van der Waals surface area contributed by atoms with Crippen LogP contribution in [-0.2, 0) is 14.4 Å². The molecule has 138 valence electrons. The van der Waals surface area contributed by atoms with Crippen LogP contribution in [-0.4, -0.2) is 63.9 Å². The maximum Gasteiger partial charge on any atom is 0.325 e. The molecule has 2 amide bonds. The Morgan fingerprint density at radius 1 is 1.15 bits per heavy atom. The molecule has 1 unspecified atom stereocenters. The first-order chi connectivity index (χ1) is 12.4. The minimum Gasteiger partial charge on any atom is -0.480 e. The van der Waals surface area contributed by atoms with Crippen LogP contribution in [0.25, 0.3) is 10.9 Å². The van der Waals surface area contributed by atoms with Crippen molar-refractivity contribution >= 4 is 34.4 Å². The molecule has 8 heteroatoms. The number of piperazine rings is 1. The molecule has 0 saturated carbocycles. The monoisotopic (exact) mass is 358 g/mol. The normalized spacial score (nSPS) is 16.5. The summed E-state index contributed by atoms with van der Waals surface area (Å²) >= 11 is 0. The zero-order valence-electron chi connectivity index (χ0n) is 14.8. The fraction of sp³-hybridized carbons (Fsp3) is 0.389. The smallest absolute Gasteiger partial charge is 0.325 e. The fourth-order valence-electron chi connectivity index (χ4n) is 3.44. The molecule has 3 rings (SSSR count). The standard InChI is InChI=1S/C18H22N4O4/c1-11(23)20-13-3-4-14-15(10-19-16(14)9-13)17(18(25)26)22-7-5-21(6-8-22)12(2)24/h3-4,9-10,17,19H,5-8H2,1-2H3,(H,20,23)(H,25,26). The molecule has 0 aliphatic carbocycles. The number of carbonyl (C=O) groups is 3. The molecule has 1 atom stereocenters. The van der Waals surface area contributed by atoms with E-state index in [2.05, 4.69) is 10.3 Å². The third-order valence-electron chi connectivity index (χ3n) is 4.69. The van der Waals surface area contributed by atoms with Gasteiger partial charge in [-0.3, -0.25) is 19.3 Å². The molecule has 0 bridgehead atoms. The molecule has 0 radical (unpaired) electrons. The van der Waals surface area contributed by atoms with Crippen LogP contribution < -0.4 is 5.32 Å². The summed E-state index contributed by atoms with van der Waals surface area (Å²) < 4.78 is 0. The van der Waals surface area contributed by atoms with E-state index in [1.807, 2.05) is 11.0 Å². The van der Waals surface area contributed by atoms with Gasteiger partial charge in [0, 0.05) is 68.4 Å². The average Bonchev–Trinajstić information content (AvgIpc) is 2.97. The van der Waals surface area contributed by atoms with Crippen LogP contribution in [0.2, 0.25) is 0 Å². The lowest BCUT2D eigenvalue weighted by atomic mass is 10.0. The van der Waals surface area contributed by atoms with Crippen molar-refractivity contribution in [1.82, 2.24) is 14.8 Å². The fourth-order valence-corrected chi connectivity index (χ4v) is 3.44. The number of H-pyrrole nitrogens is 1. The minimum absolute atomic E-state index is 0.00844. The van der Waals surface area contributed by atoms with E-state index < -0.39 is 12.0 Å². The van der Waals surface area contributed by atoms with Gasteiger partial charge in [0.05, 0.1) is 0 Å². The van der Waals surface area contributed by atoms with Crippen molar-refractivity contribution in [3.63, 3.8) is 0 Å². The van der Waals surface area contributed by atoms with Crippen LogP contribution in [0.3, 0.4) is 0 Å². The number of benzene rings is 1. The molecule has 8 nitrogen and oxygen atoms in total. The molecule has 26 heavy (non-hydrogen) atoms. The molecule has 3 N–H and O–H groups in total. The van der Waals surface area contributed by atoms with Crippen LogP contribution in [0.4, 0.5) is 5.69 Å². The Bertz CT molecular complexity index is 852. The van der Waals surface area contributed by atoms with Gasteiger partial charge >= 0.3 is 5.97 Å². The van der Waals surface area contributed by atoms with Gasteiger partial charge in [-0.25, -0.2) is 0 Å². The lowest BCUT2D eigenvalue weighted by Gasteiger charge is -2.37. The first kappa shape index (κ1) is 17.9. The number of aromatic nitrogens is 1. The van der Waals surface area contributed by atoms with Gasteiger partial charge in [-0.1, -0.05) is 6.07 Å². The Balaban J connectivity index is 1.88. The van der Waals surface area contributed by atoms with Crippen molar-refractivity contribution in [3.05, 3.63) is 30.0 Å². The Hall–Kier alpha value is -2.87. The molecular formula is C18H22N4O4. The number of amides is 2. The Morgan fingerprint density at radius 3 is 2.42 bits per heavy atom. The number of nitrogens with one attached hydrogen (secondary N) is 2. The third-order valence-corrected chi connectivity index (χ3v) is 4.69. The van der Waals surface area contributed by atoms with Gasteiger partial charge in [-0.2, -0.15) is 0 Å². The van der Waals surface area contributed by atoms with Crippen LogP contribution in [0.1, 0.15) is 25.5 Å². The van der Waals surface area contributed by atoms with Crippen molar-refractivity contribution in [1.29, 1.82) is 0 Å². The number of hydrogen-bond acceptors (Lipinski definition) is 4. The van der Waals surface area contributed by atoms with Crippen molar-refractivity contribution in [3.8, 4) is 0 Å². The van der Waals surface area contributed by atoms with Crippen molar-refractivity contribution in [2.24, 2.45) is 0 Å². The van der Waals surface area contributed by atoms with Gasteiger partial charge in [0.2, 0.25) is 11.8 Å². The number of aromatic amines is 1. The molecule has 2 heterocycles. The zero-order chi connectivity index (χ0) is 18.8. The highest BCUT2D eigenvalue weighted by atomic mass is 16.4. The number of carbonyl (C=O) groups excluding carboxylic acids is 2. The van der Waals surface area contributed by atoms with Gasteiger partial charge < -0.3 is 20.3 Å². The number of aliphatic carboxylic acids is 1. The Morgan fingerprint density at radius 2 is 1.85 bits per heavy atom. The third kappa shape index (κ3) is 3.55. The maximum atomic E-state index is 12.0. The van der Waals surface area contributed by atoms with E-state index in [0.29, 0.717) is 37.4 Å². The van der Waals surface area contributed by atoms with Crippen LogP contribution in [0.5, 0.6) is 0 Å². The van der Waals surface area contributed by atoms with Gasteiger partial charge in [0.15, 0.2) is 0 Å². The predicted octanol–water partition coefficient (Wildman–Crippen LogP) is 1.42. The number of rotatable bonds is 4. The lowest BCUT2D eigenvalue weighted by Crippen LogP contribution is -2.50. The zero-order valence-corrected chi connectivity index (χ0v) is 14.8. The number of anilines is 1. The summed E-state index contributed by atoms with van der Waals surface area (Å²) in [6, 6.07) is 4.57. The highest BCUT2D eigenvalue weighted by Gasteiger charge is 2.32. The second-order valence-corrected chi connectivity index (χ2v) is 6.47. The van der Waals surface area contributed by atoms with Crippen molar-refractivity contribution < 1.29 is 19.5 Å². The van der Waals surface area contributed by atoms with Gasteiger partial charge in [-0.15, -0.1) is 0 Å². The molecular weight excluding hydrogens is 336 g/mol. The molecule has 1 saturated heterocycles. The summed E-state index contributed by atoms with van der Waals surface area (Å²) in [5.41, 5.74) is 2.10. The average molecular weight is 358 g/mol. The molecule has 1 aromatic heterocycles. The van der Waals surface area contributed by atoms with Crippen LogP contribution in [0, 0.1) is 0 Å². The van der Waals surface area contributed by atoms with Crippen LogP contribution in [0.15, 0.2) is 24.4 Å². The van der Waals surface area contributed by atoms with E-state index in [9.17, 15) is 19.5 Å². The molecule has 1 aliphatic heterocycles. The summed E-state index contributed by atoms with van der Waals surface area (Å²) in [7, 11) is 0. The Labute approximate surface area is 150 Å². The van der Waals surface area contributed by atoms with E-state index in [1.54, 1.807) is 23.2 Å². The number of carboxylic acids is 1. The van der Waals surface area contributed by atoms with Gasteiger partial charge in [-0.05, 0) is 12.1 Å². The quantitative estimate of drug-likeness (QED) is 0.766. The summed E-state index contributed by atoms with van der Waals surface area (Å²) in [4.78, 5) is 41.4. The predicted molar refractivity (Wildman–Crippen MR) is 96.8 cm³/mol. The summed E-state index contributed by atoms with van der Waals surface area (Å²) in [6.45, 7) is 5.02. The van der Waals surface area contributed by atoms with Crippen molar-refractivity contribution in [2.45, 2.75) is 19.9 Å². The second kappa shape index (κ2) is 7.17. The second-order valence-electron chi connectivity index (χ2n) is 6.47. The summed E-state index contributed by atoms with van der Waals surface area (Å²) in [6.07, 6.45) is 1.71. The first-order valence-electron chi connectivity index (χ1n) is 8.48. The van der Waals surface area contributed by atoms with E-state index in [0.717, 1.165) is 10.9 Å². The number of nitrogens with zero attached hydrogens (tertiary/aromatic N) is 2. The van der Waals surface area contributed by atoms with Crippen molar-refractivity contribution in [2.75, 3.05) is 31.5 Å². The highest BCUT2D eigenvalue weighted by molar-refractivity contribution is 5.94. The highest BCUT2D eigenvalue weighted by Crippen LogP contribution is 2.31. The number of carboxylic acid groups (broad SMARTS) is 1. The van der Waals surface area contributed by atoms with E-state index in [1.165, 1.54) is 13.8 Å². The largest absolute Gasteiger partial charge is 0.480 e. The lowest BCUT2D eigenvalue weighted by molar-refractivity contribution is -0.145. The van der Waals surface area contributed by atoms with Gasteiger partial charge in [0.25, 0.3) is 0 Å². The van der Waals surface area contributed by atoms with E-state index in [-0.39, 0.29) is 11.8 Å². The van der Waals surface area contributed by atoms with Gasteiger partial charge in [0.1, 0.15) is 6.04 Å². The summed E-state index contributed by atoms with van der Waals surface area (Å²) in [5.74, 6) is -1.08. The number of fused-ring (bicyclic) bond motifs is 1. The topological polar surface area (TPSA) is 106 Å². The molecule has 1 aromatic carbocycles. The van der Waals surface area contributed by atoms with Crippen LogP contribution >= 0.6 is 0 Å². The Kier molecular flexibility index (Phi) is 4.94. The summed E-state index contributed by atoms with van der Waals surface area (Å²) in [5, 5.41) is 13.3. The van der Waals surface area contributed by atoms with E-state index in [4.69, 9.17) is 0 Å². The molecule has 0 spiro atoms.